The molecule has 0 aliphatic heterocycles. The van der Waals surface area contributed by atoms with Gasteiger partial charge in [-0.3, -0.25) is 0 Å². The summed E-state index contributed by atoms with van der Waals surface area (Å²) in [6.07, 6.45) is -0.804. The maximum atomic E-state index is 12.0. The van der Waals surface area contributed by atoms with E-state index in [0.29, 0.717) is 0 Å². The van der Waals surface area contributed by atoms with E-state index in [1.54, 1.807) is 11.9 Å². The van der Waals surface area contributed by atoms with Gasteiger partial charge < -0.3 is 4.90 Å². The quantitative estimate of drug-likeness (QED) is 0.687. The third-order valence-corrected chi connectivity index (χ3v) is 3.47. The highest BCUT2D eigenvalue weighted by Crippen LogP contribution is 2.28. The average Bonchev–Trinajstić information content (AvgIpc) is 2.14. The topological polar surface area (TPSA) is 3.24 Å². The number of hydrogen-bond donors (Lipinski definition) is 0. The van der Waals surface area contributed by atoms with Crippen LogP contribution in [0.5, 0.6) is 0 Å². The Kier molecular flexibility index (Phi) is 4.71. The Morgan fingerprint density at radius 1 is 1.27 bits per heavy atom. The highest BCUT2D eigenvalue weighted by Gasteiger charge is 2.31. The van der Waals surface area contributed by atoms with Crippen molar-refractivity contribution >= 4 is 11.6 Å². The molecule has 15 heavy (non-hydrogen) atoms. The molecule has 0 bridgehead atoms. The number of rotatable bonds is 3. The summed E-state index contributed by atoms with van der Waals surface area (Å²) in [5.74, 6) is 0. The second-order valence-corrected chi connectivity index (χ2v) is 4.77. The molecule has 5 heteroatoms. The summed E-state index contributed by atoms with van der Waals surface area (Å²) >= 11 is 6.10. The van der Waals surface area contributed by atoms with Crippen LogP contribution >= 0.6 is 11.6 Å². The number of alkyl halides is 4. The zero-order chi connectivity index (χ0) is 11.5. The van der Waals surface area contributed by atoms with Crippen LogP contribution in [0.3, 0.4) is 0 Å². The first-order valence-corrected chi connectivity index (χ1v) is 5.75. The van der Waals surface area contributed by atoms with E-state index in [0.717, 1.165) is 25.7 Å². The molecule has 0 saturated heterocycles. The van der Waals surface area contributed by atoms with Gasteiger partial charge in [0, 0.05) is 18.0 Å². The van der Waals surface area contributed by atoms with Crippen LogP contribution in [0.15, 0.2) is 0 Å². The van der Waals surface area contributed by atoms with E-state index >= 15 is 0 Å². The Bertz CT molecular complexity index is 196. The second-order valence-electron chi connectivity index (χ2n) is 4.21. The van der Waals surface area contributed by atoms with Crippen LogP contribution in [-0.4, -0.2) is 36.1 Å². The lowest BCUT2D eigenvalue weighted by atomic mass is 9.94. The summed E-state index contributed by atoms with van der Waals surface area (Å²) in [5, 5.41) is 0.0111. The van der Waals surface area contributed by atoms with Gasteiger partial charge in [0.2, 0.25) is 0 Å². The van der Waals surface area contributed by atoms with Crippen LogP contribution < -0.4 is 0 Å². The van der Waals surface area contributed by atoms with Gasteiger partial charge in [0.25, 0.3) is 0 Å². The summed E-state index contributed by atoms with van der Waals surface area (Å²) in [6, 6.07) is 0.114. The lowest BCUT2D eigenvalue weighted by molar-refractivity contribution is -0.138. The Labute approximate surface area is 93.6 Å². The zero-order valence-electron chi connectivity index (χ0n) is 8.86. The van der Waals surface area contributed by atoms with E-state index in [-0.39, 0.29) is 18.0 Å². The number of halogens is 4. The normalized spacial score (nSPS) is 28.4. The minimum absolute atomic E-state index is 0.0111. The third kappa shape index (κ3) is 4.60. The highest BCUT2D eigenvalue weighted by molar-refractivity contribution is 6.21. The van der Waals surface area contributed by atoms with Crippen molar-refractivity contribution in [3.63, 3.8) is 0 Å². The van der Waals surface area contributed by atoms with Gasteiger partial charge in [0.05, 0.1) is 6.42 Å². The molecular weight excluding hydrogens is 227 g/mol. The molecule has 0 aromatic carbocycles. The van der Waals surface area contributed by atoms with Crippen molar-refractivity contribution in [1.29, 1.82) is 0 Å². The van der Waals surface area contributed by atoms with E-state index in [4.69, 9.17) is 11.6 Å². The second kappa shape index (κ2) is 5.39. The molecule has 2 atom stereocenters. The molecule has 0 aromatic rings. The van der Waals surface area contributed by atoms with Crippen molar-refractivity contribution in [2.24, 2.45) is 0 Å². The molecule has 0 N–H and O–H groups in total. The predicted octanol–water partition coefficient (Wildman–Crippen LogP) is 3.42. The van der Waals surface area contributed by atoms with Crippen molar-refractivity contribution in [3.8, 4) is 0 Å². The van der Waals surface area contributed by atoms with Crippen LogP contribution in [0.25, 0.3) is 0 Å². The van der Waals surface area contributed by atoms with Crippen molar-refractivity contribution in [1.82, 2.24) is 4.90 Å². The summed E-state index contributed by atoms with van der Waals surface area (Å²) in [6.45, 7) is 0.0530. The SMILES string of the molecule is CN(CCC(F)(F)F)C1CCCCC1Cl. The smallest absolute Gasteiger partial charge is 0.302 e. The van der Waals surface area contributed by atoms with Gasteiger partial charge in [0.15, 0.2) is 0 Å². The van der Waals surface area contributed by atoms with Gasteiger partial charge in [-0.2, -0.15) is 13.2 Å². The molecule has 1 nitrogen and oxygen atoms in total. The van der Waals surface area contributed by atoms with Gasteiger partial charge >= 0.3 is 6.18 Å². The van der Waals surface area contributed by atoms with E-state index < -0.39 is 12.6 Å². The molecule has 0 radical (unpaired) electrons. The highest BCUT2D eigenvalue weighted by atomic mass is 35.5. The van der Waals surface area contributed by atoms with Gasteiger partial charge in [0.1, 0.15) is 0 Å². The molecular formula is C10H17ClF3N. The van der Waals surface area contributed by atoms with Gasteiger partial charge in [-0.1, -0.05) is 12.8 Å². The summed E-state index contributed by atoms with van der Waals surface area (Å²) in [5.41, 5.74) is 0. The Morgan fingerprint density at radius 2 is 1.87 bits per heavy atom. The van der Waals surface area contributed by atoms with Crippen LogP contribution in [-0.2, 0) is 0 Å². The molecule has 0 amide bonds. The lowest BCUT2D eigenvalue weighted by Gasteiger charge is -2.35. The lowest BCUT2D eigenvalue weighted by Crippen LogP contribution is -2.42. The molecule has 1 aliphatic carbocycles. The van der Waals surface area contributed by atoms with Gasteiger partial charge in [-0.05, 0) is 19.9 Å². The molecule has 0 aromatic heterocycles. The first-order valence-electron chi connectivity index (χ1n) is 5.31. The number of hydrogen-bond acceptors (Lipinski definition) is 1. The predicted molar refractivity (Wildman–Crippen MR) is 55.2 cm³/mol. The largest absolute Gasteiger partial charge is 0.390 e. The summed E-state index contributed by atoms with van der Waals surface area (Å²) in [7, 11) is 1.73. The van der Waals surface area contributed by atoms with Crippen molar-refractivity contribution < 1.29 is 13.2 Å². The van der Waals surface area contributed by atoms with Crippen LogP contribution in [0, 0.1) is 0 Å². The van der Waals surface area contributed by atoms with E-state index in [1.165, 1.54) is 0 Å². The molecule has 2 unspecified atom stereocenters. The fourth-order valence-electron chi connectivity index (χ4n) is 2.03. The van der Waals surface area contributed by atoms with Crippen LogP contribution in [0.2, 0.25) is 0 Å². The summed E-state index contributed by atoms with van der Waals surface area (Å²) < 4.78 is 36.1. The first kappa shape index (κ1) is 13.1. The molecule has 1 fully saturated rings. The summed E-state index contributed by atoms with van der Waals surface area (Å²) in [4.78, 5) is 1.75. The fourth-order valence-corrected chi connectivity index (χ4v) is 2.50. The Balaban J connectivity index is 2.35. The van der Waals surface area contributed by atoms with E-state index in [9.17, 15) is 13.2 Å². The third-order valence-electron chi connectivity index (χ3n) is 2.96. The zero-order valence-corrected chi connectivity index (χ0v) is 9.61. The standard InChI is InChI=1S/C10H17ClF3N/c1-15(7-6-10(12,13)14)9-5-3-2-4-8(9)11/h8-9H,2-7H2,1H3. The van der Waals surface area contributed by atoms with Crippen LogP contribution in [0.4, 0.5) is 13.2 Å². The van der Waals surface area contributed by atoms with Crippen LogP contribution in [0.1, 0.15) is 32.1 Å². The molecule has 90 valence electrons. The monoisotopic (exact) mass is 243 g/mol. The maximum Gasteiger partial charge on any atom is 0.390 e. The molecule has 1 rings (SSSR count). The molecule has 0 heterocycles. The van der Waals surface area contributed by atoms with E-state index in [1.807, 2.05) is 0 Å². The van der Waals surface area contributed by atoms with Crippen molar-refractivity contribution in [2.45, 2.75) is 49.7 Å². The molecule has 0 spiro atoms. The van der Waals surface area contributed by atoms with E-state index in [2.05, 4.69) is 0 Å². The minimum Gasteiger partial charge on any atom is -0.302 e. The van der Waals surface area contributed by atoms with Gasteiger partial charge in [-0.25, -0.2) is 0 Å². The maximum absolute atomic E-state index is 12.0. The molecule has 1 aliphatic rings. The fraction of sp³-hybridized carbons (Fsp3) is 1.00. The van der Waals surface area contributed by atoms with Gasteiger partial charge in [-0.15, -0.1) is 11.6 Å². The Morgan fingerprint density at radius 3 is 2.40 bits per heavy atom. The minimum atomic E-state index is -4.06. The first-order chi connectivity index (χ1) is 6.90. The van der Waals surface area contributed by atoms with Crippen molar-refractivity contribution in [3.05, 3.63) is 0 Å². The average molecular weight is 244 g/mol. The molecule has 1 saturated carbocycles. The Hall–Kier alpha value is 0.0400. The number of nitrogens with zero attached hydrogens (tertiary/aromatic N) is 1. The van der Waals surface area contributed by atoms with Crippen molar-refractivity contribution in [2.75, 3.05) is 13.6 Å².